The predicted octanol–water partition coefficient (Wildman–Crippen LogP) is 1.67. The molecule has 0 aliphatic rings. The molecule has 2 unspecified atom stereocenters. The maximum absolute atomic E-state index is 12.0. The molecule has 0 saturated heterocycles. The Hall–Kier alpha value is -0.260. The van der Waals surface area contributed by atoms with E-state index >= 15 is 0 Å². The van der Waals surface area contributed by atoms with Gasteiger partial charge in [0, 0.05) is 12.4 Å². The summed E-state index contributed by atoms with van der Waals surface area (Å²) in [6.45, 7) is 9.15. The van der Waals surface area contributed by atoms with Gasteiger partial charge in [0.15, 0.2) is 0 Å². The van der Waals surface area contributed by atoms with Crippen LogP contribution >= 0.6 is 11.8 Å². The Labute approximate surface area is 115 Å². The summed E-state index contributed by atoms with van der Waals surface area (Å²) in [6.07, 6.45) is 0.979. The van der Waals surface area contributed by atoms with Crippen LogP contribution in [0.1, 0.15) is 34.1 Å². The van der Waals surface area contributed by atoms with Crippen molar-refractivity contribution in [1.82, 2.24) is 5.32 Å². The maximum Gasteiger partial charge on any atom is 0.326 e. The third kappa shape index (κ3) is 6.61. The Kier molecular flexibility index (Phi) is 9.50. The quantitative estimate of drug-likeness (QED) is 0.595. The third-order valence-corrected chi connectivity index (χ3v) is 4.18. The molecule has 108 valence electrons. The Morgan fingerprint density at radius 3 is 2.67 bits per heavy atom. The van der Waals surface area contributed by atoms with Crippen molar-refractivity contribution in [2.75, 3.05) is 31.3 Å². The summed E-state index contributed by atoms with van der Waals surface area (Å²) in [4.78, 5) is 12.0. The van der Waals surface area contributed by atoms with Gasteiger partial charge in [0.05, 0.1) is 6.61 Å². The molecular formula is C13H27NO3S. The van der Waals surface area contributed by atoms with Crippen LogP contribution in [0.3, 0.4) is 0 Å². The smallest absolute Gasteiger partial charge is 0.326 e. The lowest BCUT2D eigenvalue weighted by molar-refractivity contribution is -0.149. The average Bonchev–Trinajstić information content (AvgIpc) is 2.36. The highest BCUT2D eigenvalue weighted by Crippen LogP contribution is 2.18. The van der Waals surface area contributed by atoms with Gasteiger partial charge in [-0.25, -0.2) is 0 Å². The Bertz CT molecular complexity index is 238. The van der Waals surface area contributed by atoms with E-state index in [1.807, 2.05) is 20.8 Å². The third-order valence-electron chi connectivity index (χ3n) is 2.60. The second kappa shape index (κ2) is 9.64. The molecule has 0 bridgehead atoms. The van der Waals surface area contributed by atoms with Crippen molar-refractivity contribution in [3.8, 4) is 0 Å². The molecule has 0 aromatic heterocycles. The molecule has 0 aromatic carbocycles. The van der Waals surface area contributed by atoms with Gasteiger partial charge >= 0.3 is 5.97 Å². The zero-order valence-corrected chi connectivity index (χ0v) is 12.8. The number of ether oxygens (including phenoxy) is 1. The largest absolute Gasteiger partial charge is 0.465 e. The molecule has 0 spiro atoms. The monoisotopic (exact) mass is 277 g/mol. The van der Waals surface area contributed by atoms with E-state index in [4.69, 9.17) is 9.84 Å². The van der Waals surface area contributed by atoms with E-state index in [1.54, 1.807) is 11.8 Å². The van der Waals surface area contributed by atoms with Gasteiger partial charge in [0.2, 0.25) is 0 Å². The van der Waals surface area contributed by atoms with Gasteiger partial charge in [-0.1, -0.05) is 13.8 Å². The van der Waals surface area contributed by atoms with E-state index < -0.39 is 5.54 Å². The molecule has 0 saturated carbocycles. The highest BCUT2D eigenvalue weighted by atomic mass is 32.2. The number of carbonyl (C=O) groups excluding carboxylic acids is 1. The van der Waals surface area contributed by atoms with Gasteiger partial charge in [-0.3, -0.25) is 4.79 Å². The van der Waals surface area contributed by atoms with E-state index in [9.17, 15) is 4.79 Å². The molecule has 18 heavy (non-hydrogen) atoms. The fourth-order valence-corrected chi connectivity index (χ4v) is 2.64. The SMILES string of the molecule is CCCNC(C)(CSCC(C)CO)C(=O)OCC. The van der Waals surface area contributed by atoms with Crippen molar-refractivity contribution in [2.45, 2.75) is 39.7 Å². The Balaban J connectivity index is 4.32. The standard InChI is InChI=1S/C13H27NO3S/c1-5-7-14-13(4,12(16)17-6-2)10-18-9-11(3)8-15/h11,14-15H,5-10H2,1-4H3. The summed E-state index contributed by atoms with van der Waals surface area (Å²) in [5.74, 6) is 1.57. The van der Waals surface area contributed by atoms with Crippen LogP contribution in [0.5, 0.6) is 0 Å². The van der Waals surface area contributed by atoms with E-state index in [1.165, 1.54) is 0 Å². The minimum Gasteiger partial charge on any atom is -0.465 e. The van der Waals surface area contributed by atoms with Crippen LogP contribution in [-0.2, 0) is 9.53 Å². The second-order valence-electron chi connectivity index (χ2n) is 4.78. The summed E-state index contributed by atoms with van der Waals surface area (Å²) >= 11 is 1.67. The molecule has 0 heterocycles. The van der Waals surface area contributed by atoms with Crippen molar-refractivity contribution in [3.05, 3.63) is 0 Å². The number of carbonyl (C=O) groups is 1. The van der Waals surface area contributed by atoms with Crippen molar-refractivity contribution >= 4 is 17.7 Å². The zero-order chi connectivity index (χ0) is 14.0. The molecule has 0 radical (unpaired) electrons. The number of esters is 1. The normalized spacial score (nSPS) is 16.1. The molecule has 0 amide bonds. The van der Waals surface area contributed by atoms with Crippen molar-refractivity contribution in [2.24, 2.45) is 5.92 Å². The lowest BCUT2D eigenvalue weighted by atomic mass is 10.1. The fourth-order valence-electron chi connectivity index (χ4n) is 1.39. The summed E-state index contributed by atoms with van der Waals surface area (Å²) in [5.41, 5.74) is -0.633. The number of thioether (sulfide) groups is 1. The highest BCUT2D eigenvalue weighted by Gasteiger charge is 2.33. The van der Waals surface area contributed by atoms with Gasteiger partial charge in [-0.2, -0.15) is 11.8 Å². The Morgan fingerprint density at radius 1 is 1.50 bits per heavy atom. The van der Waals surface area contributed by atoms with Crippen LogP contribution in [0, 0.1) is 5.92 Å². The van der Waals surface area contributed by atoms with Crippen LogP contribution < -0.4 is 5.32 Å². The van der Waals surface area contributed by atoms with Crippen LogP contribution in [0.25, 0.3) is 0 Å². The molecule has 0 aliphatic carbocycles. The van der Waals surface area contributed by atoms with Crippen LogP contribution in [0.2, 0.25) is 0 Å². The van der Waals surface area contributed by atoms with Gasteiger partial charge in [-0.05, 0) is 38.5 Å². The van der Waals surface area contributed by atoms with E-state index in [0.29, 0.717) is 12.4 Å². The first-order chi connectivity index (χ1) is 8.50. The number of aliphatic hydroxyl groups excluding tert-OH is 1. The summed E-state index contributed by atoms with van der Waals surface area (Å²) in [5, 5.41) is 12.2. The van der Waals surface area contributed by atoms with Crippen molar-refractivity contribution < 1.29 is 14.6 Å². The molecule has 0 aliphatic heterocycles. The first kappa shape index (κ1) is 17.7. The van der Waals surface area contributed by atoms with Gasteiger partial charge in [-0.15, -0.1) is 0 Å². The number of rotatable bonds is 10. The lowest BCUT2D eigenvalue weighted by Gasteiger charge is -2.28. The molecule has 0 aromatic rings. The molecule has 0 fully saturated rings. The maximum atomic E-state index is 12.0. The van der Waals surface area contributed by atoms with Crippen molar-refractivity contribution in [3.63, 3.8) is 0 Å². The second-order valence-corrected chi connectivity index (χ2v) is 5.81. The first-order valence-electron chi connectivity index (χ1n) is 6.61. The summed E-state index contributed by atoms with van der Waals surface area (Å²) in [6, 6.07) is 0. The van der Waals surface area contributed by atoms with Crippen molar-refractivity contribution in [1.29, 1.82) is 0 Å². The molecule has 2 N–H and O–H groups in total. The van der Waals surface area contributed by atoms with E-state index in [0.717, 1.165) is 18.7 Å². The van der Waals surface area contributed by atoms with E-state index in [-0.39, 0.29) is 18.5 Å². The molecule has 4 nitrogen and oxygen atoms in total. The zero-order valence-electron chi connectivity index (χ0n) is 12.0. The summed E-state index contributed by atoms with van der Waals surface area (Å²) < 4.78 is 5.12. The van der Waals surface area contributed by atoms with Gasteiger partial charge in [0.1, 0.15) is 5.54 Å². The number of hydrogen-bond acceptors (Lipinski definition) is 5. The first-order valence-corrected chi connectivity index (χ1v) is 7.76. The topological polar surface area (TPSA) is 58.6 Å². The number of nitrogens with one attached hydrogen (secondary N) is 1. The lowest BCUT2D eigenvalue weighted by Crippen LogP contribution is -2.53. The average molecular weight is 277 g/mol. The van der Waals surface area contributed by atoms with Crippen LogP contribution in [0.4, 0.5) is 0 Å². The molecule has 0 rings (SSSR count). The minimum atomic E-state index is -0.633. The molecule has 2 atom stereocenters. The van der Waals surface area contributed by atoms with Gasteiger partial charge in [0.25, 0.3) is 0 Å². The molecular weight excluding hydrogens is 250 g/mol. The predicted molar refractivity (Wildman–Crippen MR) is 76.9 cm³/mol. The number of aliphatic hydroxyl groups is 1. The van der Waals surface area contributed by atoms with Crippen LogP contribution in [0.15, 0.2) is 0 Å². The number of hydrogen-bond donors (Lipinski definition) is 2. The minimum absolute atomic E-state index is 0.186. The fraction of sp³-hybridized carbons (Fsp3) is 0.923. The van der Waals surface area contributed by atoms with Crippen LogP contribution in [-0.4, -0.2) is 47.9 Å². The molecule has 5 heteroatoms. The van der Waals surface area contributed by atoms with E-state index in [2.05, 4.69) is 12.2 Å². The Morgan fingerprint density at radius 2 is 2.17 bits per heavy atom. The summed E-state index contributed by atoms with van der Waals surface area (Å²) in [7, 11) is 0. The highest BCUT2D eigenvalue weighted by molar-refractivity contribution is 7.99. The van der Waals surface area contributed by atoms with Gasteiger partial charge < -0.3 is 15.2 Å².